The van der Waals surface area contributed by atoms with Crippen LogP contribution < -0.4 is 4.72 Å². The normalized spacial score (nSPS) is 15.4. The molecule has 8 nitrogen and oxygen atoms in total. The molecule has 2 N–H and O–H groups in total. The monoisotopic (exact) mass is 632 g/mol. The van der Waals surface area contributed by atoms with Crippen molar-refractivity contribution in [1.29, 1.82) is 0 Å². The number of nitrogens with one attached hydrogen (secondary N) is 1. The molecule has 3 aromatic heterocycles. The van der Waals surface area contributed by atoms with E-state index in [0.717, 1.165) is 43.2 Å². The molecular formula is C30H31F3N4O4S2. The number of hydrogen-bond acceptors (Lipinski definition) is 7. The van der Waals surface area contributed by atoms with Crippen LogP contribution in [0.15, 0.2) is 53.7 Å². The van der Waals surface area contributed by atoms with Gasteiger partial charge in [0.05, 0.1) is 26.6 Å². The van der Waals surface area contributed by atoms with Gasteiger partial charge in [0.25, 0.3) is 0 Å². The lowest BCUT2D eigenvalue weighted by molar-refractivity contribution is -0.147. The van der Waals surface area contributed by atoms with Gasteiger partial charge in [-0.15, -0.1) is 11.3 Å². The first-order valence-electron chi connectivity index (χ1n) is 13.8. The molecule has 1 aliphatic rings. The van der Waals surface area contributed by atoms with Crippen LogP contribution in [0.25, 0.3) is 31.9 Å². The maximum atomic E-state index is 13.2. The van der Waals surface area contributed by atoms with Crippen LogP contribution >= 0.6 is 11.3 Å². The number of carboxylic acids is 1. The average Bonchev–Trinajstić information content (AvgIpc) is 3.33. The minimum absolute atomic E-state index is 0.197. The third kappa shape index (κ3) is 6.58. The molecule has 1 saturated carbocycles. The molecule has 228 valence electrons. The van der Waals surface area contributed by atoms with Crippen molar-refractivity contribution in [2.24, 2.45) is 11.3 Å². The molecule has 1 atom stereocenters. The van der Waals surface area contributed by atoms with Crippen LogP contribution in [-0.2, 0) is 27.7 Å². The Labute approximate surface area is 251 Å². The molecule has 13 heteroatoms. The first kappa shape index (κ1) is 31.0. The summed E-state index contributed by atoms with van der Waals surface area (Å²) in [7, 11) is -4.53. The van der Waals surface area contributed by atoms with Crippen molar-refractivity contribution in [3.8, 4) is 21.1 Å². The number of aromatic nitrogens is 3. The SMILES string of the molecule is C[C@H](NS(=O)(=O)c1ccc(-c2sc(-c3cccc(CC(C)(C)C(=O)O)n3)nc2CC2CCC2)c2ccncc12)C(F)(F)F. The summed E-state index contributed by atoms with van der Waals surface area (Å²) in [6, 6.07) is 7.71. The highest BCUT2D eigenvalue weighted by atomic mass is 32.2. The van der Waals surface area contributed by atoms with E-state index < -0.39 is 33.6 Å². The minimum Gasteiger partial charge on any atom is -0.481 e. The van der Waals surface area contributed by atoms with E-state index in [9.17, 15) is 31.5 Å². The highest BCUT2D eigenvalue weighted by molar-refractivity contribution is 7.89. The van der Waals surface area contributed by atoms with Crippen molar-refractivity contribution >= 4 is 38.1 Å². The largest absolute Gasteiger partial charge is 0.481 e. The maximum absolute atomic E-state index is 13.2. The van der Waals surface area contributed by atoms with E-state index >= 15 is 0 Å². The molecule has 4 aromatic rings. The average molecular weight is 633 g/mol. The highest BCUT2D eigenvalue weighted by Crippen LogP contribution is 2.42. The second-order valence-electron chi connectivity index (χ2n) is 11.6. The Morgan fingerprint density at radius 1 is 1.12 bits per heavy atom. The molecule has 0 aliphatic heterocycles. The first-order valence-corrected chi connectivity index (χ1v) is 16.1. The zero-order chi connectivity index (χ0) is 31.2. The Morgan fingerprint density at radius 2 is 1.86 bits per heavy atom. The van der Waals surface area contributed by atoms with Gasteiger partial charge in [0.1, 0.15) is 11.0 Å². The second-order valence-corrected chi connectivity index (χ2v) is 14.3. The number of pyridine rings is 2. The van der Waals surface area contributed by atoms with Crippen LogP contribution in [0.2, 0.25) is 0 Å². The Morgan fingerprint density at radius 3 is 2.51 bits per heavy atom. The Hall–Kier alpha value is -3.42. The topological polar surface area (TPSA) is 122 Å². The van der Waals surface area contributed by atoms with E-state index in [1.807, 2.05) is 12.1 Å². The lowest BCUT2D eigenvalue weighted by Crippen LogP contribution is -2.43. The van der Waals surface area contributed by atoms with Gasteiger partial charge in [-0.1, -0.05) is 31.4 Å². The lowest BCUT2D eigenvalue weighted by atomic mass is 9.81. The number of carbonyl (C=O) groups is 1. The summed E-state index contributed by atoms with van der Waals surface area (Å²) in [6.07, 6.45) is 2.36. The van der Waals surface area contributed by atoms with Gasteiger partial charge in [-0.3, -0.25) is 14.8 Å². The molecular weight excluding hydrogens is 601 g/mol. The minimum atomic E-state index is -4.74. The van der Waals surface area contributed by atoms with Crippen LogP contribution in [0.5, 0.6) is 0 Å². The number of fused-ring (bicyclic) bond motifs is 1. The molecule has 0 spiro atoms. The zero-order valence-electron chi connectivity index (χ0n) is 23.8. The molecule has 5 rings (SSSR count). The molecule has 0 radical (unpaired) electrons. The van der Waals surface area contributed by atoms with Gasteiger partial charge in [-0.2, -0.15) is 17.9 Å². The van der Waals surface area contributed by atoms with E-state index in [4.69, 9.17) is 9.97 Å². The predicted molar refractivity (Wildman–Crippen MR) is 158 cm³/mol. The van der Waals surface area contributed by atoms with Gasteiger partial charge in [0.2, 0.25) is 10.0 Å². The number of halogens is 3. The van der Waals surface area contributed by atoms with Crippen molar-refractivity contribution < 1.29 is 31.5 Å². The number of thiazole rings is 1. The Bertz CT molecular complexity index is 1780. The fourth-order valence-electron chi connectivity index (χ4n) is 4.97. The van der Waals surface area contributed by atoms with Crippen LogP contribution in [0.1, 0.15) is 51.4 Å². The smallest absolute Gasteiger partial charge is 0.404 e. The van der Waals surface area contributed by atoms with Crippen molar-refractivity contribution in [3.63, 3.8) is 0 Å². The van der Waals surface area contributed by atoms with Gasteiger partial charge in [0, 0.05) is 35.5 Å². The van der Waals surface area contributed by atoms with E-state index in [0.29, 0.717) is 33.3 Å². The van der Waals surface area contributed by atoms with Gasteiger partial charge < -0.3 is 5.11 Å². The van der Waals surface area contributed by atoms with Gasteiger partial charge in [-0.05, 0) is 62.8 Å². The van der Waals surface area contributed by atoms with Gasteiger partial charge in [-0.25, -0.2) is 13.4 Å². The first-order chi connectivity index (χ1) is 20.2. The summed E-state index contributed by atoms with van der Waals surface area (Å²) in [5.41, 5.74) is 1.74. The molecule has 0 saturated heterocycles. The summed E-state index contributed by atoms with van der Waals surface area (Å²) in [6.45, 7) is 4.04. The molecule has 43 heavy (non-hydrogen) atoms. The fourth-order valence-corrected chi connectivity index (χ4v) is 7.49. The van der Waals surface area contributed by atoms with E-state index in [1.165, 1.54) is 29.8 Å². The summed E-state index contributed by atoms with van der Waals surface area (Å²) in [5.74, 6) is -0.459. The number of rotatable bonds is 10. The number of aliphatic carboxylic acids is 1. The van der Waals surface area contributed by atoms with Crippen LogP contribution in [0, 0.1) is 11.3 Å². The number of benzene rings is 1. The van der Waals surface area contributed by atoms with Crippen molar-refractivity contribution in [3.05, 3.63) is 60.2 Å². The Balaban J connectivity index is 1.60. The standard InChI is InChI=1S/C30H31F3N4O4S2/c1-17(30(31,32)33)37-43(40,41)25-11-10-21(20-12-13-34-16-22(20)25)26-24(14-18-6-4-7-18)36-27(42-26)23-9-5-8-19(35-23)15-29(2,3)28(38)39/h5,8-13,16-18,37H,4,6-7,14-15H2,1-3H3,(H,38,39)/t17-/m0/s1. The van der Waals surface area contributed by atoms with Crippen molar-refractivity contribution in [2.45, 2.75) is 70.0 Å². The molecule has 1 fully saturated rings. The van der Waals surface area contributed by atoms with Gasteiger partial charge in [0.15, 0.2) is 0 Å². The summed E-state index contributed by atoms with van der Waals surface area (Å²) < 4.78 is 67.4. The van der Waals surface area contributed by atoms with E-state index in [2.05, 4.69) is 4.98 Å². The third-order valence-electron chi connectivity index (χ3n) is 7.77. The number of nitrogens with zero attached hydrogens (tertiary/aromatic N) is 3. The van der Waals surface area contributed by atoms with E-state index in [1.54, 1.807) is 36.8 Å². The summed E-state index contributed by atoms with van der Waals surface area (Å²) >= 11 is 1.39. The number of carboxylic acid groups (broad SMARTS) is 1. The van der Waals surface area contributed by atoms with E-state index in [-0.39, 0.29) is 16.7 Å². The predicted octanol–water partition coefficient (Wildman–Crippen LogP) is 6.65. The molecule has 1 aliphatic carbocycles. The highest BCUT2D eigenvalue weighted by Gasteiger charge is 2.39. The summed E-state index contributed by atoms with van der Waals surface area (Å²) in [4.78, 5) is 26.0. The maximum Gasteiger partial charge on any atom is 0.404 e. The summed E-state index contributed by atoms with van der Waals surface area (Å²) in [5, 5.41) is 10.9. The van der Waals surface area contributed by atoms with Crippen LogP contribution in [0.4, 0.5) is 13.2 Å². The molecule has 1 aromatic carbocycles. The van der Waals surface area contributed by atoms with Crippen molar-refractivity contribution in [1.82, 2.24) is 19.7 Å². The zero-order valence-corrected chi connectivity index (χ0v) is 25.4. The fraction of sp³-hybridized carbons (Fsp3) is 0.400. The second kappa shape index (κ2) is 11.6. The van der Waals surface area contributed by atoms with Gasteiger partial charge >= 0.3 is 12.1 Å². The molecule has 0 unspecified atom stereocenters. The van der Waals surface area contributed by atoms with Crippen LogP contribution in [0.3, 0.4) is 0 Å². The lowest BCUT2D eigenvalue weighted by Gasteiger charge is -2.24. The number of alkyl halides is 3. The number of hydrogen-bond donors (Lipinski definition) is 2. The number of sulfonamides is 1. The van der Waals surface area contributed by atoms with Crippen LogP contribution in [-0.4, -0.2) is 46.7 Å². The third-order valence-corrected chi connectivity index (χ3v) is 10.5. The molecule has 0 bridgehead atoms. The molecule has 0 amide bonds. The van der Waals surface area contributed by atoms with Crippen molar-refractivity contribution in [2.75, 3.05) is 0 Å². The quantitative estimate of drug-likeness (QED) is 0.201. The molecule has 3 heterocycles. The Kier molecular flexibility index (Phi) is 8.36.